The quantitative estimate of drug-likeness (QED) is 0.883. The van der Waals surface area contributed by atoms with Crippen molar-refractivity contribution in [2.45, 2.75) is 19.9 Å². The molecule has 3 N–H and O–H groups in total. The zero-order valence-electron chi connectivity index (χ0n) is 12.3. The third kappa shape index (κ3) is 3.48. The molecule has 0 aliphatic heterocycles. The first-order valence-electron chi connectivity index (χ1n) is 6.71. The van der Waals surface area contributed by atoms with Crippen molar-refractivity contribution in [1.29, 1.82) is 0 Å². The van der Waals surface area contributed by atoms with E-state index in [0.29, 0.717) is 22.2 Å². The largest absolute Gasteiger partial charge is 0.397 e. The van der Waals surface area contributed by atoms with Crippen LogP contribution in [0.2, 0.25) is 5.02 Å². The Morgan fingerprint density at radius 1 is 1.48 bits per heavy atom. The van der Waals surface area contributed by atoms with Crippen LogP contribution in [0, 0.1) is 5.92 Å². The summed E-state index contributed by atoms with van der Waals surface area (Å²) in [4.78, 5) is 13.0. The Bertz CT molecular complexity index is 654. The summed E-state index contributed by atoms with van der Waals surface area (Å²) in [6.07, 6.45) is 0. The van der Waals surface area contributed by atoms with Gasteiger partial charge in [0, 0.05) is 22.2 Å². The Morgan fingerprint density at radius 3 is 2.81 bits per heavy atom. The molecule has 1 unspecified atom stereocenters. The summed E-state index contributed by atoms with van der Waals surface area (Å²) < 4.78 is 6.10. The predicted octanol–water partition coefficient (Wildman–Crippen LogP) is 3.54. The Morgan fingerprint density at radius 2 is 2.19 bits per heavy atom. The second kappa shape index (κ2) is 6.64. The number of hydrogen-bond acceptors (Lipinski definition) is 4. The van der Waals surface area contributed by atoms with E-state index in [9.17, 15) is 4.79 Å². The maximum atomic E-state index is 12.4. The van der Waals surface area contributed by atoms with Crippen molar-refractivity contribution < 1.29 is 9.53 Å². The van der Waals surface area contributed by atoms with Gasteiger partial charge in [0.25, 0.3) is 5.91 Å². The Hall–Kier alpha value is -1.30. The van der Waals surface area contributed by atoms with E-state index in [1.807, 2.05) is 19.9 Å². The minimum atomic E-state index is -0.166. The van der Waals surface area contributed by atoms with E-state index in [1.165, 1.54) is 11.3 Å². The van der Waals surface area contributed by atoms with Gasteiger partial charge >= 0.3 is 0 Å². The average molecular weight is 327 g/mol. The van der Waals surface area contributed by atoms with Crippen LogP contribution in [0.4, 0.5) is 5.69 Å². The van der Waals surface area contributed by atoms with Crippen molar-refractivity contribution in [1.82, 2.24) is 5.32 Å². The van der Waals surface area contributed by atoms with Gasteiger partial charge in [-0.3, -0.25) is 4.79 Å². The minimum absolute atomic E-state index is 0.0456. The van der Waals surface area contributed by atoms with Crippen LogP contribution in [-0.4, -0.2) is 25.7 Å². The Balaban J connectivity index is 2.29. The topological polar surface area (TPSA) is 64.3 Å². The summed E-state index contributed by atoms with van der Waals surface area (Å²) >= 11 is 7.35. The molecule has 1 amide bonds. The first-order chi connectivity index (χ1) is 9.93. The summed E-state index contributed by atoms with van der Waals surface area (Å²) in [5.41, 5.74) is 6.58. The van der Waals surface area contributed by atoms with Crippen molar-refractivity contribution >= 4 is 44.6 Å². The van der Waals surface area contributed by atoms with Gasteiger partial charge in [0.15, 0.2) is 0 Å². The van der Waals surface area contributed by atoms with E-state index >= 15 is 0 Å². The molecule has 2 aromatic rings. The van der Waals surface area contributed by atoms with E-state index in [4.69, 9.17) is 22.1 Å². The summed E-state index contributed by atoms with van der Waals surface area (Å²) in [7, 11) is 1.62. The third-order valence-electron chi connectivity index (χ3n) is 3.36. The molecule has 0 radical (unpaired) electrons. The van der Waals surface area contributed by atoms with Gasteiger partial charge in [-0.2, -0.15) is 0 Å². The van der Waals surface area contributed by atoms with Crippen LogP contribution in [0.5, 0.6) is 0 Å². The molecule has 6 heteroatoms. The molecule has 21 heavy (non-hydrogen) atoms. The van der Waals surface area contributed by atoms with E-state index in [-0.39, 0.29) is 17.9 Å². The van der Waals surface area contributed by atoms with Crippen LogP contribution in [-0.2, 0) is 4.74 Å². The fourth-order valence-corrected chi connectivity index (χ4v) is 3.25. The maximum Gasteiger partial charge on any atom is 0.263 e. The number of rotatable bonds is 5. The summed E-state index contributed by atoms with van der Waals surface area (Å²) in [6, 6.07) is 5.42. The van der Waals surface area contributed by atoms with Crippen molar-refractivity contribution in [2.24, 2.45) is 5.92 Å². The average Bonchev–Trinajstić information content (AvgIpc) is 2.75. The molecule has 4 nitrogen and oxygen atoms in total. The number of amides is 1. The second-order valence-corrected chi connectivity index (χ2v) is 6.75. The van der Waals surface area contributed by atoms with E-state index < -0.39 is 0 Å². The number of nitrogens with two attached hydrogens (primary N) is 1. The molecule has 2 rings (SSSR count). The van der Waals surface area contributed by atoms with Crippen molar-refractivity contribution in [3.8, 4) is 0 Å². The molecule has 0 bridgehead atoms. The van der Waals surface area contributed by atoms with Gasteiger partial charge in [-0.05, 0) is 24.1 Å². The summed E-state index contributed by atoms with van der Waals surface area (Å²) in [5.74, 6) is 0.111. The lowest BCUT2D eigenvalue weighted by molar-refractivity contribution is 0.0871. The maximum absolute atomic E-state index is 12.4. The minimum Gasteiger partial charge on any atom is -0.397 e. The second-order valence-electron chi connectivity index (χ2n) is 5.26. The van der Waals surface area contributed by atoms with Crippen molar-refractivity contribution in [2.75, 3.05) is 19.5 Å². The SMILES string of the molecule is COCC(NC(=O)c1sc2ccc(Cl)cc2c1N)C(C)C. The molecule has 1 aromatic heterocycles. The predicted molar refractivity (Wildman–Crippen MR) is 89.2 cm³/mol. The smallest absolute Gasteiger partial charge is 0.263 e. The number of hydrogen-bond donors (Lipinski definition) is 2. The molecule has 0 saturated heterocycles. The molecule has 0 aliphatic rings. The number of methoxy groups -OCH3 is 1. The number of halogens is 1. The number of ether oxygens (including phenoxy) is 1. The lowest BCUT2D eigenvalue weighted by Gasteiger charge is -2.21. The van der Waals surface area contributed by atoms with Gasteiger partial charge in [0.2, 0.25) is 0 Å². The van der Waals surface area contributed by atoms with Crippen LogP contribution in [0.1, 0.15) is 23.5 Å². The highest BCUT2D eigenvalue weighted by atomic mass is 35.5. The number of anilines is 1. The highest BCUT2D eigenvalue weighted by Gasteiger charge is 2.21. The molecule has 0 fully saturated rings. The van der Waals surface area contributed by atoms with Gasteiger partial charge in [-0.15, -0.1) is 11.3 Å². The Kier molecular flexibility index (Phi) is 5.08. The van der Waals surface area contributed by atoms with Gasteiger partial charge in [0.05, 0.1) is 18.3 Å². The number of benzene rings is 1. The normalized spacial score (nSPS) is 12.8. The van der Waals surface area contributed by atoms with Gasteiger partial charge < -0.3 is 15.8 Å². The first-order valence-corrected chi connectivity index (χ1v) is 7.90. The van der Waals surface area contributed by atoms with E-state index in [1.54, 1.807) is 19.2 Å². The molecular formula is C15H19ClN2O2S. The number of nitrogen functional groups attached to an aromatic ring is 1. The molecular weight excluding hydrogens is 308 g/mol. The number of thiophene rings is 1. The molecule has 1 heterocycles. The molecule has 114 valence electrons. The summed E-state index contributed by atoms with van der Waals surface area (Å²) in [6.45, 7) is 4.55. The van der Waals surface area contributed by atoms with Crippen LogP contribution < -0.4 is 11.1 Å². The zero-order chi connectivity index (χ0) is 15.6. The number of fused-ring (bicyclic) bond motifs is 1. The molecule has 0 aliphatic carbocycles. The number of nitrogens with one attached hydrogen (secondary N) is 1. The fraction of sp³-hybridized carbons (Fsp3) is 0.400. The molecule has 1 aromatic carbocycles. The Labute approximate surface area is 133 Å². The highest BCUT2D eigenvalue weighted by molar-refractivity contribution is 7.21. The zero-order valence-corrected chi connectivity index (χ0v) is 13.8. The lowest BCUT2D eigenvalue weighted by Crippen LogP contribution is -2.41. The van der Waals surface area contributed by atoms with Crippen LogP contribution >= 0.6 is 22.9 Å². The van der Waals surface area contributed by atoms with Crippen LogP contribution in [0.15, 0.2) is 18.2 Å². The van der Waals surface area contributed by atoms with Gasteiger partial charge in [-0.25, -0.2) is 0 Å². The fourth-order valence-electron chi connectivity index (χ4n) is 2.07. The monoisotopic (exact) mass is 326 g/mol. The molecule has 0 spiro atoms. The summed E-state index contributed by atoms with van der Waals surface area (Å²) in [5, 5.41) is 4.42. The van der Waals surface area contributed by atoms with E-state index in [0.717, 1.165) is 10.1 Å². The van der Waals surface area contributed by atoms with Crippen molar-refractivity contribution in [3.05, 3.63) is 28.1 Å². The number of carbonyl (C=O) groups excluding carboxylic acids is 1. The lowest BCUT2D eigenvalue weighted by atomic mass is 10.1. The van der Waals surface area contributed by atoms with E-state index in [2.05, 4.69) is 5.32 Å². The molecule has 1 atom stereocenters. The highest BCUT2D eigenvalue weighted by Crippen LogP contribution is 2.35. The van der Waals surface area contributed by atoms with Gasteiger partial charge in [0.1, 0.15) is 4.88 Å². The number of carbonyl (C=O) groups is 1. The van der Waals surface area contributed by atoms with Crippen LogP contribution in [0.25, 0.3) is 10.1 Å². The van der Waals surface area contributed by atoms with Gasteiger partial charge in [-0.1, -0.05) is 25.4 Å². The standard InChI is InChI=1S/C15H19ClN2O2S/c1-8(2)11(7-20-3)18-15(19)14-13(17)10-6-9(16)4-5-12(10)21-14/h4-6,8,11H,7,17H2,1-3H3,(H,18,19). The molecule has 0 saturated carbocycles. The third-order valence-corrected chi connectivity index (χ3v) is 4.78. The van der Waals surface area contributed by atoms with Crippen LogP contribution in [0.3, 0.4) is 0 Å². The first kappa shape index (κ1) is 16.1. The van der Waals surface area contributed by atoms with Crippen molar-refractivity contribution in [3.63, 3.8) is 0 Å².